The summed E-state index contributed by atoms with van der Waals surface area (Å²) in [4.78, 5) is 15.7. The molecule has 2 aromatic carbocycles. The molecule has 4 bridgehead atoms. The van der Waals surface area contributed by atoms with E-state index < -0.39 is 16.5 Å². The molecule has 6 nitrogen and oxygen atoms in total. The van der Waals surface area contributed by atoms with Gasteiger partial charge in [0.25, 0.3) is 5.91 Å². The van der Waals surface area contributed by atoms with E-state index in [9.17, 15) is 9.00 Å². The largest absolute Gasteiger partial charge is 0.491 e. The van der Waals surface area contributed by atoms with Gasteiger partial charge in [-0.05, 0) is 97.6 Å². The highest BCUT2D eigenvalue weighted by atomic mass is 32.2. The quantitative estimate of drug-likeness (QED) is 0.267. The number of fused-ring (bicyclic) bond motifs is 4. The van der Waals surface area contributed by atoms with E-state index in [2.05, 4.69) is 60.4 Å². The molecule has 5 atom stereocenters. The first-order valence-electron chi connectivity index (χ1n) is 15.8. The number of carbonyl (C=O) groups is 1. The van der Waals surface area contributed by atoms with Crippen molar-refractivity contribution in [2.75, 3.05) is 37.5 Å². The number of methoxy groups -OCH3 is 1. The fraction of sp³-hybridized carbons (Fsp3) is 0.571. The van der Waals surface area contributed by atoms with Crippen LogP contribution in [0.4, 0.5) is 5.69 Å². The molecule has 0 spiro atoms. The van der Waals surface area contributed by atoms with Crippen LogP contribution < -0.4 is 9.64 Å². The highest BCUT2D eigenvalue weighted by Gasteiger charge is 2.38. The molecule has 0 saturated heterocycles. The van der Waals surface area contributed by atoms with E-state index in [0.717, 1.165) is 69.5 Å². The van der Waals surface area contributed by atoms with E-state index in [0.29, 0.717) is 29.8 Å². The lowest BCUT2D eigenvalue weighted by molar-refractivity contribution is 0.0134. The summed E-state index contributed by atoms with van der Waals surface area (Å²) in [6.45, 7) is 8.88. The average molecular weight is 592 g/mol. The van der Waals surface area contributed by atoms with Gasteiger partial charge in [-0.15, -0.1) is 0 Å². The lowest BCUT2D eigenvalue weighted by atomic mass is 9.70. The summed E-state index contributed by atoms with van der Waals surface area (Å²) in [7, 11) is 0.225. The Balaban J connectivity index is 1.59. The number of hydrogen-bond acceptors (Lipinski definition) is 6. The van der Waals surface area contributed by atoms with Gasteiger partial charge in [0.1, 0.15) is 5.75 Å². The van der Waals surface area contributed by atoms with Crippen molar-refractivity contribution >= 4 is 22.2 Å². The van der Waals surface area contributed by atoms with Crippen LogP contribution in [0.25, 0.3) is 0 Å². The van der Waals surface area contributed by atoms with Gasteiger partial charge in [-0.3, -0.25) is 4.79 Å². The maximum atomic E-state index is 13.2. The van der Waals surface area contributed by atoms with E-state index in [1.54, 1.807) is 13.2 Å². The van der Waals surface area contributed by atoms with Crippen LogP contribution in [-0.4, -0.2) is 44.6 Å². The van der Waals surface area contributed by atoms with Crippen LogP contribution in [0.3, 0.4) is 0 Å². The van der Waals surface area contributed by atoms with Gasteiger partial charge in [0, 0.05) is 25.8 Å². The van der Waals surface area contributed by atoms with Crippen LogP contribution in [-0.2, 0) is 32.4 Å². The molecule has 2 heterocycles. The highest BCUT2D eigenvalue weighted by Crippen LogP contribution is 2.42. The van der Waals surface area contributed by atoms with Gasteiger partial charge in [-0.2, -0.15) is 10.6 Å². The molecular formula is C35H47N2O4S-. The van der Waals surface area contributed by atoms with Gasteiger partial charge >= 0.3 is 0 Å². The minimum atomic E-state index is -1.58. The Kier molecular flexibility index (Phi) is 10.4. The maximum absolute atomic E-state index is 13.2. The van der Waals surface area contributed by atoms with Crippen molar-refractivity contribution in [2.45, 2.75) is 77.7 Å². The Labute approximate surface area is 254 Å². The number of hydrogen-bond donors (Lipinski definition) is 0. The zero-order valence-electron chi connectivity index (χ0n) is 25.7. The Bertz CT molecular complexity index is 1360. The van der Waals surface area contributed by atoms with Crippen LogP contribution in [0.1, 0.15) is 85.8 Å². The standard InChI is InChI=1S/C35H47N2O4S/c1-5-26-17-27-10-6-7-16-41-34-15-13-28-20-32(34)37(21-25(3)30(18-26)19-27)22-29-12-14-31(29)33(40-4)11-8-9-24(2)23-42(39)36-35(28)38/h8,11,13,15,17-20,24-25,29,31,33H,5-7,9-10,12,14,16,21-23H2,1-4H3/q-1. The Morgan fingerprint density at radius 1 is 1.10 bits per heavy atom. The summed E-state index contributed by atoms with van der Waals surface area (Å²) in [5, 5.41) is 0. The Morgan fingerprint density at radius 2 is 1.95 bits per heavy atom. The van der Waals surface area contributed by atoms with Gasteiger partial charge < -0.3 is 22.9 Å². The molecule has 5 rings (SSSR count). The fourth-order valence-electron chi connectivity index (χ4n) is 6.64. The Morgan fingerprint density at radius 3 is 2.71 bits per heavy atom. The monoisotopic (exact) mass is 591 g/mol. The normalized spacial score (nSPS) is 27.8. The highest BCUT2D eigenvalue weighted by molar-refractivity contribution is 7.75. The maximum Gasteiger partial charge on any atom is 0.254 e. The molecule has 1 fully saturated rings. The van der Waals surface area contributed by atoms with Crippen LogP contribution in [0.15, 0.2) is 52.9 Å². The van der Waals surface area contributed by atoms with E-state index >= 15 is 0 Å². The Hall–Kier alpha value is -2.64. The summed E-state index contributed by atoms with van der Waals surface area (Å²) in [5.74, 6) is 2.06. The molecule has 0 radical (unpaired) electrons. The lowest BCUT2D eigenvalue weighted by Gasteiger charge is -2.44. The van der Waals surface area contributed by atoms with E-state index in [-0.39, 0.29) is 17.9 Å². The second kappa shape index (κ2) is 14.2. The second-order valence-corrected chi connectivity index (χ2v) is 13.7. The lowest BCUT2D eigenvalue weighted by Crippen LogP contribution is -2.44. The summed E-state index contributed by atoms with van der Waals surface area (Å²) in [6.07, 6.45) is 11.6. The van der Waals surface area contributed by atoms with Crippen molar-refractivity contribution in [3.8, 4) is 5.75 Å². The van der Waals surface area contributed by atoms with Gasteiger partial charge in [-0.1, -0.05) is 62.8 Å². The molecule has 42 heavy (non-hydrogen) atoms. The third-order valence-electron chi connectivity index (χ3n) is 9.31. The third-order valence-corrected chi connectivity index (χ3v) is 10.5. The van der Waals surface area contributed by atoms with E-state index in [1.165, 1.54) is 16.7 Å². The first-order chi connectivity index (χ1) is 20.3. The molecule has 2 aliphatic heterocycles. The van der Waals surface area contributed by atoms with Crippen molar-refractivity contribution in [3.05, 3.63) is 70.8 Å². The molecule has 1 aliphatic carbocycles. The smallest absolute Gasteiger partial charge is 0.254 e. The minimum Gasteiger partial charge on any atom is -0.491 e. The van der Waals surface area contributed by atoms with Gasteiger partial charge in [-0.25, -0.2) is 0 Å². The number of nitrogens with zero attached hydrogens (tertiary/aromatic N) is 2. The molecule has 1 saturated carbocycles. The number of allylic oxidation sites excluding steroid dienone is 1. The molecule has 3 aliphatic rings. The predicted octanol–water partition coefficient (Wildman–Crippen LogP) is 7.50. The number of amides is 1. The second-order valence-electron chi connectivity index (χ2n) is 12.6. The van der Waals surface area contributed by atoms with Crippen molar-refractivity contribution < 1.29 is 18.5 Å². The number of ether oxygens (including phenoxy) is 2. The number of aryl methyl sites for hydroxylation is 2. The molecule has 0 aromatic heterocycles. The summed E-state index contributed by atoms with van der Waals surface area (Å²) in [6, 6.07) is 12.7. The predicted molar refractivity (Wildman–Crippen MR) is 171 cm³/mol. The SMILES string of the molecule is CCc1cc2cc(c1)C(C)CN1CC3CCC3C(OC)C=CCC(C)C[S-](=O)=NC(=O)c3ccc(c1c3)OCCCC2. The molecular weight excluding hydrogens is 544 g/mol. The average Bonchev–Trinajstić information content (AvgIpc) is 2.97. The summed E-state index contributed by atoms with van der Waals surface area (Å²) < 4.78 is 29.3. The first kappa shape index (κ1) is 30.8. The molecule has 5 unspecified atom stereocenters. The molecule has 7 heteroatoms. The molecule has 1 amide bonds. The zero-order valence-corrected chi connectivity index (χ0v) is 26.5. The molecule has 0 N–H and O–H groups in total. The fourth-order valence-corrected chi connectivity index (χ4v) is 7.62. The van der Waals surface area contributed by atoms with E-state index in [1.807, 2.05) is 12.1 Å². The summed E-state index contributed by atoms with van der Waals surface area (Å²) in [5.41, 5.74) is 5.55. The van der Waals surface area contributed by atoms with Gasteiger partial charge in [0.2, 0.25) is 0 Å². The van der Waals surface area contributed by atoms with E-state index in [4.69, 9.17) is 9.47 Å². The minimum absolute atomic E-state index is 0.0554. The van der Waals surface area contributed by atoms with Gasteiger partial charge in [0.15, 0.2) is 0 Å². The van der Waals surface area contributed by atoms with Crippen LogP contribution in [0.2, 0.25) is 0 Å². The zero-order chi connectivity index (χ0) is 29.6. The topological polar surface area (TPSA) is 68.2 Å². The number of anilines is 1. The van der Waals surface area contributed by atoms with Crippen molar-refractivity contribution in [3.63, 3.8) is 0 Å². The summed E-state index contributed by atoms with van der Waals surface area (Å²) >= 11 is 0. The number of carbonyl (C=O) groups excluding carboxylic acids is 1. The van der Waals surface area contributed by atoms with Crippen LogP contribution >= 0.6 is 0 Å². The van der Waals surface area contributed by atoms with Gasteiger partial charge in [0.05, 0.1) is 18.4 Å². The molecule has 228 valence electrons. The van der Waals surface area contributed by atoms with Crippen molar-refractivity contribution in [1.82, 2.24) is 0 Å². The first-order valence-corrected chi connectivity index (χ1v) is 17.1. The number of benzene rings is 2. The van der Waals surface area contributed by atoms with Crippen LogP contribution in [0, 0.1) is 17.8 Å². The van der Waals surface area contributed by atoms with Crippen molar-refractivity contribution in [1.29, 1.82) is 0 Å². The third kappa shape index (κ3) is 7.46. The number of rotatable bonds is 2. The molecule has 2 aromatic rings. The van der Waals surface area contributed by atoms with Crippen LogP contribution in [0.5, 0.6) is 5.75 Å². The van der Waals surface area contributed by atoms with Crippen molar-refractivity contribution in [2.24, 2.45) is 22.1 Å².